The van der Waals surface area contributed by atoms with Crippen LogP contribution < -0.4 is 10.3 Å². The lowest BCUT2D eigenvalue weighted by Crippen LogP contribution is -2.22. The maximum atomic E-state index is 12.0. The molecule has 0 spiro atoms. The molecule has 0 fully saturated rings. The molecule has 0 N–H and O–H groups in total. The molecule has 0 radical (unpaired) electrons. The van der Waals surface area contributed by atoms with Crippen LogP contribution in [0.4, 0.5) is 0 Å². The number of thiazole rings is 1. The quantitative estimate of drug-likeness (QED) is 0.795. The van der Waals surface area contributed by atoms with E-state index in [1.807, 2.05) is 5.38 Å². The van der Waals surface area contributed by atoms with Gasteiger partial charge in [-0.25, -0.2) is 9.97 Å². The summed E-state index contributed by atoms with van der Waals surface area (Å²) >= 11 is 7.40. The molecule has 0 aliphatic heterocycles. The molecule has 102 valence electrons. The van der Waals surface area contributed by atoms with Crippen molar-refractivity contribution in [3.05, 3.63) is 37.9 Å². The zero-order valence-electron chi connectivity index (χ0n) is 10.7. The molecule has 2 aromatic heterocycles. The van der Waals surface area contributed by atoms with Gasteiger partial charge < -0.3 is 4.74 Å². The Morgan fingerprint density at radius 2 is 2.32 bits per heavy atom. The highest BCUT2D eigenvalue weighted by Gasteiger charge is 2.11. The van der Waals surface area contributed by atoms with Crippen molar-refractivity contribution in [2.24, 2.45) is 0 Å². The summed E-state index contributed by atoms with van der Waals surface area (Å²) in [6, 6.07) is 0. The Hall–Kier alpha value is -1.40. The van der Waals surface area contributed by atoms with Crippen molar-refractivity contribution in [3.8, 4) is 5.75 Å². The lowest BCUT2D eigenvalue weighted by Gasteiger charge is -2.06. The first-order valence-corrected chi connectivity index (χ1v) is 7.13. The number of hydrogen-bond acceptors (Lipinski definition) is 5. The Bertz CT molecular complexity index is 624. The number of halogens is 1. The predicted molar refractivity (Wildman–Crippen MR) is 75.3 cm³/mol. The number of methoxy groups -OCH3 is 1. The molecule has 0 amide bonds. The average molecular weight is 300 g/mol. The molecule has 5 nitrogen and oxygen atoms in total. The number of nitrogens with zero attached hydrogens (tertiary/aromatic N) is 3. The van der Waals surface area contributed by atoms with E-state index in [2.05, 4.69) is 16.9 Å². The Labute approximate surface area is 119 Å². The van der Waals surface area contributed by atoms with Gasteiger partial charge in [0.05, 0.1) is 30.7 Å². The fourth-order valence-corrected chi connectivity index (χ4v) is 2.75. The van der Waals surface area contributed by atoms with Crippen molar-refractivity contribution < 1.29 is 4.74 Å². The largest absolute Gasteiger partial charge is 0.489 e. The van der Waals surface area contributed by atoms with Gasteiger partial charge in [-0.05, 0) is 12.8 Å². The smallest absolute Gasteiger partial charge is 0.297 e. The van der Waals surface area contributed by atoms with Gasteiger partial charge in [0, 0.05) is 5.38 Å². The number of hydrogen-bond donors (Lipinski definition) is 0. The highest BCUT2D eigenvalue weighted by molar-refractivity contribution is 7.09. The van der Waals surface area contributed by atoms with E-state index in [0.717, 1.165) is 23.5 Å². The van der Waals surface area contributed by atoms with Crippen molar-refractivity contribution in [2.75, 3.05) is 7.11 Å². The summed E-state index contributed by atoms with van der Waals surface area (Å²) in [6.45, 7) is 2.49. The Morgan fingerprint density at radius 1 is 1.53 bits per heavy atom. The Morgan fingerprint density at radius 3 is 3.00 bits per heavy atom. The van der Waals surface area contributed by atoms with Gasteiger partial charge in [-0.15, -0.1) is 11.3 Å². The molecular weight excluding hydrogens is 286 g/mol. The van der Waals surface area contributed by atoms with Crippen LogP contribution in [-0.2, 0) is 13.0 Å². The number of aromatic nitrogens is 3. The summed E-state index contributed by atoms with van der Waals surface area (Å²) in [5.74, 6) is 0.0631. The molecule has 0 aromatic carbocycles. The average Bonchev–Trinajstić information content (AvgIpc) is 2.82. The van der Waals surface area contributed by atoms with Crippen LogP contribution in [0.5, 0.6) is 5.75 Å². The highest BCUT2D eigenvalue weighted by atomic mass is 35.5. The Balaban J connectivity index is 2.25. The fraction of sp³-hybridized carbons (Fsp3) is 0.417. The van der Waals surface area contributed by atoms with E-state index in [9.17, 15) is 4.79 Å². The second-order valence-corrected chi connectivity index (χ2v) is 5.28. The summed E-state index contributed by atoms with van der Waals surface area (Å²) < 4.78 is 6.39. The number of ether oxygens (including phenoxy) is 1. The maximum Gasteiger partial charge on any atom is 0.297 e. The second-order valence-electron chi connectivity index (χ2n) is 3.98. The third-order valence-electron chi connectivity index (χ3n) is 2.55. The molecule has 2 aromatic rings. The Kier molecular flexibility index (Phi) is 4.55. The molecule has 0 bridgehead atoms. The number of aryl methyl sites for hydroxylation is 1. The third-order valence-corrected chi connectivity index (χ3v) is 3.78. The van der Waals surface area contributed by atoms with Crippen LogP contribution in [0, 0.1) is 0 Å². The van der Waals surface area contributed by atoms with E-state index in [4.69, 9.17) is 16.3 Å². The van der Waals surface area contributed by atoms with Crippen molar-refractivity contribution >= 4 is 22.9 Å². The first kappa shape index (κ1) is 14.0. The van der Waals surface area contributed by atoms with Gasteiger partial charge in [0.15, 0.2) is 5.15 Å². The summed E-state index contributed by atoms with van der Waals surface area (Å²) in [4.78, 5) is 20.4. The van der Waals surface area contributed by atoms with Crippen LogP contribution in [0.2, 0.25) is 5.15 Å². The van der Waals surface area contributed by atoms with E-state index in [1.165, 1.54) is 18.0 Å². The predicted octanol–water partition coefficient (Wildman–Crippen LogP) is 2.36. The van der Waals surface area contributed by atoms with Gasteiger partial charge in [-0.1, -0.05) is 18.5 Å². The molecule has 0 saturated heterocycles. The zero-order valence-corrected chi connectivity index (χ0v) is 12.3. The molecule has 0 aliphatic carbocycles. The normalized spacial score (nSPS) is 10.7. The summed E-state index contributed by atoms with van der Waals surface area (Å²) in [5, 5.41) is 3.12. The van der Waals surface area contributed by atoms with Crippen LogP contribution in [0.3, 0.4) is 0 Å². The van der Waals surface area contributed by atoms with E-state index in [1.54, 1.807) is 11.3 Å². The molecule has 2 rings (SSSR count). The molecule has 19 heavy (non-hydrogen) atoms. The molecule has 2 heterocycles. The molecule has 0 atom stereocenters. The molecular formula is C12H14ClN3O2S. The summed E-state index contributed by atoms with van der Waals surface area (Å²) in [6.07, 6.45) is 3.43. The van der Waals surface area contributed by atoms with E-state index in [0.29, 0.717) is 6.54 Å². The SMILES string of the molecule is CCCc1nc(Cn2cnc(Cl)c(OC)c2=O)cs1. The van der Waals surface area contributed by atoms with E-state index in [-0.39, 0.29) is 16.5 Å². The van der Waals surface area contributed by atoms with Crippen molar-refractivity contribution in [1.82, 2.24) is 14.5 Å². The number of rotatable bonds is 5. The topological polar surface area (TPSA) is 57.0 Å². The lowest BCUT2D eigenvalue weighted by molar-refractivity contribution is 0.400. The highest BCUT2D eigenvalue weighted by Crippen LogP contribution is 2.16. The first-order valence-electron chi connectivity index (χ1n) is 5.88. The summed E-state index contributed by atoms with van der Waals surface area (Å²) in [7, 11) is 1.40. The minimum atomic E-state index is -0.299. The van der Waals surface area contributed by atoms with Gasteiger partial charge in [0.2, 0.25) is 5.75 Å². The van der Waals surface area contributed by atoms with Gasteiger partial charge in [0.1, 0.15) is 0 Å². The lowest BCUT2D eigenvalue weighted by atomic mass is 10.3. The van der Waals surface area contributed by atoms with Crippen LogP contribution in [0.25, 0.3) is 0 Å². The standard InChI is InChI=1S/C12H14ClN3O2S/c1-3-4-9-15-8(6-19-9)5-16-7-14-11(13)10(18-2)12(16)17/h6-7H,3-5H2,1-2H3. The van der Waals surface area contributed by atoms with Gasteiger partial charge in [0.25, 0.3) is 5.56 Å². The molecule has 0 unspecified atom stereocenters. The minimum absolute atomic E-state index is 0.0631. The first-order chi connectivity index (χ1) is 9.15. The second kappa shape index (κ2) is 6.16. The molecule has 0 saturated carbocycles. The van der Waals surface area contributed by atoms with Gasteiger partial charge in [-0.2, -0.15) is 0 Å². The van der Waals surface area contributed by atoms with Crippen LogP contribution >= 0.6 is 22.9 Å². The van der Waals surface area contributed by atoms with E-state index < -0.39 is 0 Å². The molecule has 0 aliphatic rings. The van der Waals surface area contributed by atoms with Gasteiger partial charge in [-0.3, -0.25) is 9.36 Å². The van der Waals surface area contributed by atoms with Crippen molar-refractivity contribution in [2.45, 2.75) is 26.3 Å². The van der Waals surface area contributed by atoms with Crippen LogP contribution in [-0.4, -0.2) is 21.6 Å². The maximum absolute atomic E-state index is 12.0. The van der Waals surface area contributed by atoms with Crippen LogP contribution in [0.15, 0.2) is 16.5 Å². The van der Waals surface area contributed by atoms with Crippen LogP contribution in [0.1, 0.15) is 24.0 Å². The molecule has 7 heteroatoms. The van der Waals surface area contributed by atoms with E-state index >= 15 is 0 Å². The fourth-order valence-electron chi connectivity index (χ4n) is 1.66. The van der Waals surface area contributed by atoms with Crippen molar-refractivity contribution in [3.63, 3.8) is 0 Å². The third kappa shape index (κ3) is 3.13. The monoisotopic (exact) mass is 299 g/mol. The zero-order chi connectivity index (χ0) is 13.8. The minimum Gasteiger partial charge on any atom is -0.489 e. The van der Waals surface area contributed by atoms with Gasteiger partial charge >= 0.3 is 0 Å². The summed E-state index contributed by atoms with van der Waals surface area (Å²) in [5.41, 5.74) is 0.550. The van der Waals surface area contributed by atoms with Crippen molar-refractivity contribution in [1.29, 1.82) is 0 Å².